The average Bonchev–Trinajstić information content (AvgIpc) is 2.31. The van der Waals surface area contributed by atoms with Gasteiger partial charge in [-0.15, -0.1) is 0 Å². The minimum atomic E-state index is -4.44. The minimum Gasteiger partial charge on any atom is -0.166 e. The number of benzene rings is 2. The Morgan fingerprint density at radius 2 is 1.58 bits per heavy atom. The van der Waals surface area contributed by atoms with Crippen LogP contribution < -0.4 is 0 Å². The minimum absolute atomic E-state index is 0.0330. The van der Waals surface area contributed by atoms with Gasteiger partial charge < -0.3 is 0 Å². The van der Waals surface area contributed by atoms with E-state index in [1.54, 1.807) is 13.0 Å². The molecule has 0 spiro atoms. The van der Waals surface area contributed by atoms with Crippen LogP contribution in [0.1, 0.15) is 11.1 Å². The van der Waals surface area contributed by atoms with Gasteiger partial charge >= 0.3 is 6.18 Å². The first-order chi connectivity index (χ1) is 8.79. The van der Waals surface area contributed by atoms with E-state index >= 15 is 0 Å². The molecule has 100 valence electrons. The summed E-state index contributed by atoms with van der Waals surface area (Å²) in [5.41, 5.74) is 0.137. The quantitative estimate of drug-likeness (QED) is 0.607. The Morgan fingerprint density at radius 1 is 0.895 bits per heavy atom. The lowest BCUT2D eigenvalue weighted by atomic mass is 9.97. The van der Waals surface area contributed by atoms with Gasteiger partial charge in [-0.1, -0.05) is 40.9 Å². The lowest BCUT2D eigenvalue weighted by Gasteiger charge is -2.15. The number of hydrogen-bond acceptors (Lipinski definition) is 0. The van der Waals surface area contributed by atoms with Crippen LogP contribution in [0.5, 0.6) is 0 Å². The molecule has 19 heavy (non-hydrogen) atoms. The van der Waals surface area contributed by atoms with Crippen LogP contribution in [-0.4, -0.2) is 0 Å². The molecule has 0 radical (unpaired) electrons. The van der Waals surface area contributed by atoms with E-state index < -0.39 is 11.7 Å². The van der Waals surface area contributed by atoms with E-state index in [0.29, 0.717) is 10.6 Å². The molecule has 0 heterocycles. The Kier molecular flexibility index (Phi) is 3.79. The monoisotopic (exact) mass is 304 g/mol. The first-order valence-corrected chi connectivity index (χ1v) is 6.18. The summed E-state index contributed by atoms with van der Waals surface area (Å²) in [4.78, 5) is 0. The summed E-state index contributed by atoms with van der Waals surface area (Å²) in [5.74, 6) is 0. The number of halogens is 5. The molecule has 2 aromatic rings. The standard InChI is InChI=1S/C14H9Cl2F3/c1-8-2-4-10(12(6-8)14(17,18)19)11-7-9(15)3-5-13(11)16/h2-7H,1H3. The largest absolute Gasteiger partial charge is 0.417 e. The second-order valence-corrected chi connectivity index (χ2v) is 5.01. The van der Waals surface area contributed by atoms with Gasteiger partial charge in [0, 0.05) is 15.6 Å². The van der Waals surface area contributed by atoms with Crippen molar-refractivity contribution < 1.29 is 13.2 Å². The van der Waals surface area contributed by atoms with E-state index in [4.69, 9.17) is 23.2 Å². The predicted molar refractivity (Wildman–Crippen MR) is 71.6 cm³/mol. The molecule has 0 aromatic heterocycles. The zero-order chi connectivity index (χ0) is 14.2. The van der Waals surface area contributed by atoms with Crippen molar-refractivity contribution in [3.63, 3.8) is 0 Å². The predicted octanol–water partition coefficient (Wildman–Crippen LogP) is 5.99. The van der Waals surface area contributed by atoms with Crippen molar-refractivity contribution >= 4 is 23.2 Å². The molecule has 0 saturated heterocycles. The fraction of sp³-hybridized carbons (Fsp3) is 0.143. The highest BCUT2D eigenvalue weighted by Crippen LogP contribution is 2.40. The van der Waals surface area contributed by atoms with Crippen molar-refractivity contribution in [3.05, 3.63) is 57.6 Å². The van der Waals surface area contributed by atoms with Gasteiger partial charge in [0.15, 0.2) is 0 Å². The molecule has 0 bridgehead atoms. The van der Waals surface area contributed by atoms with Crippen molar-refractivity contribution in [2.75, 3.05) is 0 Å². The van der Waals surface area contributed by atoms with Gasteiger partial charge in [-0.3, -0.25) is 0 Å². The zero-order valence-corrected chi connectivity index (χ0v) is 11.4. The number of rotatable bonds is 1. The van der Waals surface area contributed by atoms with Crippen LogP contribution in [0.15, 0.2) is 36.4 Å². The maximum Gasteiger partial charge on any atom is 0.417 e. The molecule has 2 aromatic carbocycles. The summed E-state index contributed by atoms with van der Waals surface area (Å²) in [5, 5.41) is 0.576. The van der Waals surface area contributed by atoms with E-state index in [1.165, 1.54) is 24.3 Å². The molecule has 0 aliphatic carbocycles. The lowest BCUT2D eigenvalue weighted by Crippen LogP contribution is -2.07. The van der Waals surface area contributed by atoms with Crippen LogP contribution in [0.4, 0.5) is 13.2 Å². The van der Waals surface area contributed by atoms with Gasteiger partial charge in [0.2, 0.25) is 0 Å². The van der Waals surface area contributed by atoms with Crippen molar-refractivity contribution in [2.45, 2.75) is 13.1 Å². The molecule has 0 fully saturated rings. The lowest BCUT2D eigenvalue weighted by molar-refractivity contribution is -0.137. The van der Waals surface area contributed by atoms with Crippen molar-refractivity contribution in [1.29, 1.82) is 0 Å². The number of aryl methyl sites for hydroxylation is 1. The fourth-order valence-electron chi connectivity index (χ4n) is 1.83. The van der Waals surface area contributed by atoms with E-state index in [9.17, 15) is 13.2 Å². The Bertz CT molecular complexity index is 619. The van der Waals surface area contributed by atoms with Crippen molar-refractivity contribution in [1.82, 2.24) is 0 Å². The SMILES string of the molecule is Cc1ccc(-c2cc(Cl)ccc2Cl)c(C(F)(F)F)c1. The molecule has 0 nitrogen and oxygen atoms in total. The van der Waals surface area contributed by atoms with Gasteiger partial charge in [-0.2, -0.15) is 13.2 Å². The van der Waals surface area contributed by atoms with Crippen LogP contribution in [0.2, 0.25) is 10.0 Å². The second kappa shape index (κ2) is 5.06. The van der Waals surface area contributed by atoms with E-state index in [-0.39, 0.29) is 16.1 Å². The van der Waals surface area contributed by atoms with Crippen molar-refractivity contribution in [3.8, 4) is 11.1 Å². The van der Waals surface area contributed by atoms with Crippen LogP contribution in [0, 0.1) is 6.92 Å². The Labute approximate surface area is 118 Å². The average molecular weight is 305 g/mol. The molecule has 0 aliphatic heterocycles. The number of alkyl halides is 3. The van der Waals surface area contributed by atoms with Gasteiger partial charge in [0.1, 0.15) is 0 Å². The number of hydrogen-bond donors (Lipinski definition) is 0. The second-order valence-electron chi connectivity index (χ2n) is 4.17. The van der Waals surface area contributed by atoms with Crippen molar-refractivity contribution in [2.24, 2.45) is 0 Å². The highest BCUT2D eigenvalue weighted by molar-refractivity contribution is 6.35. The first-order valence-electron chi connectivity index (χ1n) is 5.42. The van der Waals surface area contributed by atoms with E-state index in [0.717, 1.165) is 6.07 Å². The molecule has 0 aliphatic rings. The molecule has 0 amide bonds. The zero-order valence-electron chi connectivity index (χ0n) is 9.85. The Hall–Kier alpha value is -1.19. The van der Waals surface area contributed by atoms with Crippen LogP contribution in [0.25, 0.3) is 11.1 Å². The molecular weight excluding hydrogens is 296 g/mol. The highest BCUT2D eigenvalue weighted by Gasteiger charge is 2.34. The molecule has 0 saturated carbocycles. The van der Waals surface area contributed by atoms with Crippen LogP contribution >= 0.6 is 23.2 Å². The normalized spacial score (nSPS) is 11.7. The summed E-state index contributed by atoms with van der Waals surface area (Å²) in [6, 6.07) is 8.59. The van der Waals surface area contributed by atoms with Crippen LogP contribution in [-0.2, 0) is 6.18 Å². The van der Waals surface area contributed by atoms with Crippen LogP contribution in [0.3, 0.4) is 0 Å². The molecule has 0 N–H and O–H groups in total. The summed E-state index contributed by atoms with van der Waals surface area (Å²) >= 11 is 11.8. The highest BCUT2D eigenvalue weighted by atomic mass is 35.5. The third kappa shape index (κ3) is 3.04. The molecule has 2 rings (SSSR count). The van der Waals surface area contributed by atoms with Gasteiger partial charge in [-0.25, -0.2) is 0 Å². The van der Waals surface area contributed by atoms with Gasteiger partial charge in [-0.05, 0) is 36.8 Å². The maximum absolute atomic E-state index is 13.1. The van der Waals surface area contributed by atoms with E-state index in [2.05, 4.69) is 0 Å². The molecular formula is C14H9Cl2F3. The third-order valence-electron chi connectivity index (χ3n) is 2.70. The Morgan fingerprint density at radius 3 is 2.21 bits per heavy atom. The fourth-order valence-corrected chi connectivity index (χ4v) is 2.22. The molecule has 0 unspecified atom stereocenters. The first kappa shape index (κ1) is 14.2. The summed E-state index contributed by atoms with van der Waals surface area (Å²) < 4.78 is 39.2. The Balaban J connectivity index is 2.72. The summed E-state index contributed by atoms with van der Waals surface area (Å²) in [7, 11) is 0. The summed E-state index contributed by atoms with van der Waals surface area (Å²) in [6.07, 6.45) is -4.44. The molecule has 5 heteroatoms. The maximum atomic E-state index is 13.1. The van der Waals surface area contributed by atoms with Gasteiger partial charge in [0.25, 0.3) is 0 Å². The summed E-state index contributed by atoms with van der Waals surface area (Å²) in [6.45, 7) is 1.61. The molecule has 0 atom stereocenters. The topological polar surface area (TPSA) is 0 Å². The smallest absolute Gasteiger partial charge is 0.166 e. The third-order valence-corrected chi connectivity index (χ3v) is 3.26. The van der Waals surface area contributed by atoms with E-state index in [1.807, 2.05) is 0 Å². The van der Waals surface area contributed by atoms with Gasteiger partial charge in [0.05, 0.1) is 5.56 Å².